The molecule has 2 N–H and O–H groups in total. The number of thioether (sulfide) groups is 1. The van der Waals surface area contributed by atoms with Crippen molar-refractivity contribution in [2.45, 2.75) is 36.5 Å². The van der Waals surface area contributed by atoms with Crippen LogP contribution in [0.25, 0.3) is 9.75 Å². The lowest BCUT2D eigenvalue weighted by Crippen LogP contribution is -2.29. The Morgan fingerprint density at radius 2 is 1.89 bits per heavy atom. The average molecular weight is 418 g/mol. The summed E-state index contributed by atoms with van der Waals surface area (Å²) in [6.45, 7) is 4.55. The minimum absolute atomic E-state index is 0.0756. The van der Waals surface area contributed by atoms with E-state index in [1.165, 1.54) is 9.77 Å². The van der Waals surface area contributed by atoms with Gasteiger partial charge in [-0.05, 0) is 41.3 Å². The summed E-state index contributed by atoms with van der Waals surface area (Å²) in [4.78, 5) is 16.6. The maximum atomic E-state index is 12.2. The van der Waals surface area contributed by atoms with Gasteiger partial charge in [-0.2, -0.15) is 0 Å². The zero-order valence-corrected chi connectivity index (χ0v) is 17.8. The van der Waals surface area contributed by atoms with Gasteiger partial charge in [-0.1, -0.05) is 32.0 Å². The van der Waals surface area contributed by atoms with Crippen molar-refractivity contribution < 1.29 is 9.90 Å². The maximum absolute atomic E-state index is 12.2. The Labute approximate surface area is 172 Å². The quantitative estimate of drug-likeness (QED) is 0.485. The SMILES string of the molecule is CC(C)Sc1ccc(CC(=O)NCC(O)c2ccc(-c3cccs3)s2)cc1. The molecule has 0 spiro atoms. The van der Waals surface area contributed by atoms with E-state index in [1.54, 1.807) is 34.4 Å². The molecule has 0 saturated carbocycles. The normalized spacial score (nSPS) is 12.3. The molecular formula is C21H23NO2S3. The number of aliphatic hydroxyl groups excluding tert-OH is 1. The van der Waals surface area contributed by atoms with Crippen LogP contribution in [-0.4, -0.2) is 22.8 Å². The molecule has 0 fully saturated rings. The van der Waals surface area contributed by atoms with E-state index in [1.807, 2.05) is 35.7 Å². The number of nitrogens with one attached hydrogen (secondary N) is 1. The first-order chi connectivity index (χ1) is 13.0. The highest BCUT2D eigenvalue weighted by atomic mass is 32.2. The van der Waals surface area contributed by atoms with Crippen molar-refractivity contribution in [3.05, 3.63) is 64.4 Å². The maximum Gasteiger partial charge on any atom is 0.224 e. The first kappa shape index (κ1) is 20.1. The number of hydrogen-bond acceptors (Lipinski definition) is 5. The predicted molar refractivity (Wildman–Crippen MR) is 117 cm³/mol. The van der Waals surface area contributed by atoms with E-state index in [2.05, 4.69) is 37.4 Å². The second kappa shape index (κ2) is 9.55. The molecule has 0 aliphatic heterocycles. The summed E-state index contributed by atoms with van der Waals surface area (Å²) in [6.07, 6.45) is -0.359. The van der Waals surface area contributed by atoms with Gasteiger partial charge >= 0.3 is 0 Å². The molecule has 3 rings (SSSR count). The molecule has 3 aromatic rings. The summed E-state index contributed by atoms with van der Waals surface area (Å²) in [5.41, 5.74) is 0.978. The molecule has 0 saturated heterocycles. The van der Waals surface area contributed by atoms with Gasteiger partial charge in [0.1, 0.15) is 6.10 Å². The fraction of sp³-hybridized carbons (Fsp3) is 0.286. The van der Waals surface area contributed by atoms with Crippen LogP contribution >= 0.6 is 34.4 Å². The van der Waals surface area contributed by atoms with Gasteiger partial charge in [0.25, 0.3) is 0 Å². The zero-order valence-electron chi connectivity index (χ0n) is 15.3. The Morgan fingerprint density at radius 3 is 2.56 bits per heavy atom. The number of carbonyl (C=O) groups is 1. The van der Waals surface area contributed by atoms with Crippen LogP contribution in [0.2, 0.25) is 0 Å². The monoisotopic (exact) mass is 417 g/mol. The highest BCUT2D eigenvalue weighted by molar-refractivity contribution is 7.99. The molecular weight excluding hydrogens is 394 g/mol. The summed E-state index contributed by atoms with van der Waals surface area (Å²) in [6, 6.07) is 16.1. The third-order valence-corrected chi connectivity index (χ3v) is 7.14. The predicted octanol–water partition coefficient (Wildman–Crippen LogP) is 5.37. The van der Waals surface area contributed by atoms with Gasteiger partial charge in [0.15, 0.2) is 0 Å². The molecule has 1 unspecified atom stereocenters. The van der Waals surface area contributed by atoms with Gasteiger partial charge in [0.05, 0.1) is 6.42 Å². The van der Waals surface area contributed by atoms with Crippen LogP contribution in [0.1, 0.15) is 30.4 Å². The van der Waals surface area contributed by atoms with Gasteiger partial charge < -0.3 is 10.4 Å². The van der Waals surface area contributed by atoms with Gasteiger partial charge in [0.2, 0.25) is 5.91 Å². The minimum Gasteiger partial charge on any atom is -0.386 e. The van der Waals surface area contributed by atoms with Crippen LogP contribution in [0.15, 0.2) is 58.8 Å². The molecule has 1 atom stereocenters. The highest BCUT2D eigenvalue weighted by Gasteiger charge is 2.13. The summed E-state index contributed by atoms with van der Waals surface area (Å²) >= 11 is 5.06. The van der Waals surface area contributed by atoms with Crippen LogP contribution < -0.4 is 5.32 Å². The Morgan fingerprint density at radius 1 is 1.11 bits per heavy atom. The van der Waals surface area contributed by atoms with Crippen molar-refractivity contribution in [3.63, 3.8) is 0 Å². The lowest BCUT2D eigenvalue weighted by atomic mass is 10.1. The standard InChI is InChI=1S/C21H23NO2S3/c1-14(2)26-16-7-5-15(6-8-16)12-21(24)22-13-17(23)18-9-10-20(27-18)19-4-3-11-25-19/h3-11,14,17,23H,12-13H2,1-2H3,(H,22,24). The van der Waals surface area contributed by atoms with Crippen molar-refractivity contribution in [1.82, 2.24) is 5.32 Å². The number of aliphatic hydroxyl groups is 1. The third kappa shape index (κ3) is 5.94. The Kier molecular flexibility index (Phi) is 7.13. The topological polar surface area (TPSA) is 49.3 Å². The Bertz CT molecular complexity index is 854. The van der Waals surface area contributed by atoms with Crippen LogP contribution in [-0.2, 0) is 11.2 Å². The van der Waals surface area contributed by atoms with E-state index in [9.17, 15) is 9.90 Å². The third-order valence-electron chi connectivity index (χ3n) is 3.87. The number of benzene rings is 1. The van der Waals surface area contributed by atoms with Gasteiger partial charge in [-0.15, -0.1) is 34.4 Å². The molecule has 142 valence electrons. The summed E-state index contributed by atoms with van der Waals surface area (Å²) in [7, 11) is 0. The molecule has 1 amide bonds. The first-order valence-electron chi connectivity index (χ1n) is 8.85. The molecule has 0 radical (unpaired) electrons. The number of rotatable bonds is 8. The molecule has 0 aliphatic rings. The zero-order chi connectivity index (χ0) is 19.2. The molecule has 0 bridgehead atoms. The van der Waals surface area contributed by atoms with Crippen LogP contribution in [0.4, 0.5) is 0 Å². The van der Waals surface area contributed by atoms with Crippen molar-refractivity contribution in [2.75, 3.05) is 6.54 Å². The van der Waals surface area contributed by atoms with Gasteiger partial charge in [-0.3, -0.25) is 4.79 Å². The number of amides is 1. The lowest BCUT2D eigenvalue weighted by molar-refractivity contribution is -0.120. The summed E-state index contributed by atoms with van der Waals surface area (Å²) in [5, 5.41) is 15.8. The van der Waals surface area contributed by atoms with E-state index in [0.29, 0.717) is 11.7 Å². The van der Waals surface area contributed by atoms with Gasteiger partial charge in [-0.25, -0.2) is 0 Å². The molecule has 0 aliphatic carbocycles. The smallest absolute Gasteiger partial charge is 0.224 e. The summed E-state index contributed by atoms with van der Waals surface area (Å²) in [5.74, 6) is -0.0756. The number of hydrogen-bond donors (Lipinski definition) is 2. The van der Waals surface area contributed by atoms with Gasteiger partial charge in [0, 0.05) is 31.3 Å². The Balaban J connectivity index is 1.48. The van der Waals surface area contributed by atoms with Crippen LogP contribution in [0.3, 0.4) is 0 Å². The average Bonchev–Trinajstić information content (AvgIpc) is 3.32. The largest absolute Gasteiger partial charge is 0.386 e. The van der Waals surface area contributed by atoms with E-state index in [4.69, 9.17) is 0 Å². The fourth-order valence-corrected chi connectivity index (χ4v) is 5.27. The fourth-order valence-electron chi connectivity index (χ4n) is 2.60. The molecule has 1 aromatic carbocycles. The van der Waals surface area contributed by atoms with Crippen molar-refractivity contribution in [2.24, 2.45) is 0 Å². The molecule has 6 heteroatoms. The first-order valence-corrected chi connectivity index (χ1v) is 11.4. The van der Waals surface area contributed by atoms with E-state index in [0.717, 1.165) is 15.3 Å². The highest BCUT2D eigenvalue weighted by Crippen LogP contribution is 2.33. The molecule has 2 aromatic heterocycles. The number of thiophene rings is 2. The van der Waals surface area contributed by atoms with Crippen LogP contribution in [0, 0.1) is 0 Å². The second-order valence-corrected chi connectivity index (χ2v) is 10.2. The number of carbonyl (C=O) groups excluding carboxylic acids is 1. The van der Waals surface area contributed by atoms with Crippen molar-refractivity contribution >= 4 is 40.3 Å². The Hall–Kier alpha value is -1.60. The second-order valence-electron chi connectivity index (χ2n) is 6.49. The molecule has 27 heavy (non-hydrogen) atoms. The lowest BCUT2D eigenvalue weighted by Gasteiger charge is -2.11. The molecule has 3 nitrogen and oxygen atoms in total. The van der Waals surface area contributed by atoms with E-state index in [-0.39, 0.29) is 12.5 Å². The van der Waals surface area contributed by atoms with E-state index >= 15 is 0 Å². The minimum atomic E-state index is -0.683. The van der Waals surface area contributed by atoms with Crippen molar-refractivity contribution in [3.8, 4) is 9.75 Å². The summed E-state index contributed by atoms with van der Waals surface area (Å²) < 4.78 is 0. The van der Waals surface area contributed by atoms with E-state index < -0.39 is 6.10 Å². The van der Waals surface area contributed by atoms with Crippen LogP contribution in [0.5, 0.6) is 0 Å². The molecule has 2 heterocycles. The van der Waals surface area contributed by atoms with Crippen molar-refractivity contribution in [1.29, 1.82) is 0 Å².